The smallest absolute Gasteiger partial charge is 0.319 e. The second-order valence-electron chi connectivity index (χ2n) is 13.7. The quantitative estimate of drug-likeness (QED) is 0.0383. The van der Waals surface area contributed by atoms with Crippen molar-refractivity contribution in [3.63, 3.8) is 0 Å². The molecule has 4 aromatic rings. The van der Waals surface area contributed by atoms with Crippen LogP contribution in [0.5, 0.6) is 17.2 Å². The van der Waals surface area contributed by atoms with Crippen molar-refractivity contribution >= 4 is 18.7 Å². The molecule has 3 aromatic carbocycles. The zero-order valence-electron chi connectivity index (χ0n) is 31.1. The predicted molar refractivity (Wildman–Crippen MR) is 202 cm³/mol. The van der Waals surface area contributed by atoms with Gasteiger partial charge in [-0.3, -0.25) is 4.57 Å². The maximum Gasteiger partial charge on any atom is 0.319 e. The number of ether oxygens (including phenoxy) is 3. The summed E-state index contributed by atoms with van der Waals surface area (Å²) in [6, 6.07) is 24.9. The second-order valence-corrected chi connectivity index (χ2v) is 15.0. The fraction of sp³-hybridized carbons (Fsp3) is 0.500. The number of hydrogen-bond donors (Lipinski definition) is 0. The van der Waals surface area contributed by atoms with Gasteiger partial charge in [0, 0.05) is 29.7 Å². The first-order valence-electron chi connectivity index (χ1n) is 18.8. The van der Waals surface area contributed by atoms with Gasteiger partial charge in [0.2, 0.25) is 5.52 Å². The number of phosphoric acid groups is 1. The molecule has 0 aliphatic carbocycles. The molecule has 0 N–H and O–H groups in total. The molecule has 0 bridgehead atoms. The minimum absolute atomic E-state index is 0.101. The number of nitrogens with zero attached hydrogens (tertiary/aromatic N) is 1. The number of para-hydroxylation sites is 2. The Bertz CT molecular complexity index is 1640. The van der Waals surface area contributed by atoms with Gasteiger partial charge in [-0.25, -0.2) is 0 Å². The van der Waals surface area contributed by atoms with E-state index >= 15 is 0 Å². The van der Waals surface area contributed by atoms with Gasteiger partial charge in [0.1, 0.15) is 30.0 Å². The number of rotatable bonds is 25. The molecule has 4 rings (SSSR count). The lowest BCUT2D eigenvalue weighted by molar-refractivity contribution is -0.662. The van der Waals surface area contributed by atoms with Crippen LogP contribution in [0.3, 0.4) is 0 Å². The van der Waals surface area contributed by atoms with E-state index in [1.165, 1.54) is 57.8 Å². The van der Waals surface area contributed by atoms with E-state index < -0.39 is 13.9 Å². The fourth-order valence-corrected chi connectivity index (χ4v) is 6.74. The molecule has 1 heterocycles. The van der Waals surface area contributed by atoms with Gasteiger partial charge in [0.15, 0.2) is 12.7 Å². The van der Waals surface area contributed by atoms with E-state index in [0.29, 0.717) is 31.1 Å². The van der Waals surface area contributed by atoms with Gasteiger partial charge in [-0.15, -0.1) is 0 Å². The molecule has 0 saturated carbocycles. The molecular weight excluding hydrogens is 661 g/mol. The van der Waals surface area contributed by atoms with Gasteiger partial charge in [0.25, 0.3) is 0 Å². The van der Waals surface area contributed by atoms with Crippen LogP contribution in [0.15, 0.2) is 85.1 Å². The average molecular weight is 720 g/mol. The lowest BCUT2D eigenvalue weighted by atomic mass is 10.1. The van der Waals surface area contributed by atoms with E-state index in [1.54, 1.807) is 12.1 Å². The first-order valence-corrected chi connectivity index (χ1v) is 20.3. The zero-order valence-corrected chi connectivity index (χ0v) is 32.0. The Balaban J connectivity index is 1.28. The summed E-state index contributed by atoms with van der Waals surface area (Å²) in [5, 5.41) is 1.09. The van der Waals surface area contributed by atoms with Crippen molar-refractivity contribution in [2.24, 2.45) is 5.92 Å². The Morgan fingerprint density at radius 1 is 0.706 bits per heavy atom. The van der Waals surface area contributed by atoms with Gasteiger partial charge in [-0.2, -0.15) is 4.57 Å². The first kappa shape index (κ1) is 40.4. The normalized spacial score (nSPS) is 13.3. The maximum atomic E-state index is 13.1. The van der Waals surface area contributed by atoms with Gasteiger partial charge < -0.3 is 28.2 Å². The summed E-state index contributed by atoms with van der Waals surface area (Å²) in [7, 11) is -4.75. The van der Waals surface area contributed by atoms with Crippen molar-refractivity contribution in [1.29, 1.82) is 0 Å². The Labute approximate surface area is 305 Å². The molecule has 0 spiro atoms. The van der Waals surface area contributed by atoms with Crippen LogP contribution in [0.2, 0.25) is 0 Å². The molecule has 0 radical (unpaired) electrons. The summed E-state index contributed by atoms with van der Waals surface area (Å²) >= 11 is 0. The maximum absolute atomic E-state index is 13.1. The molecule has 0 fully saturated rings. The summed E-state index contributed by atoms with van der Waals surface area (Å²) in [5.41, 5.74) is 2.63. The average Bonchev–Trinajstić information content (AvgIpc) is 3.12. The van der Waals surface area contributed by atoms with Crippen molar-refractivity contribution in [3.8, 4) is 17.2 Å². The highest BCUT2D eigenvalue weighted by atomic mass is 31.2. The van der Waals surface area contributed by atoms with E-state index in [-0.39, 0.29) is 24.9 Å². The van der Waals surface area contributed by atoms with Crippen molar-refractivity contribution < 1.29 is 37.3 Å². The third-order valence-electron chi connectivity index (χ3n) is 8.81. The van der Waals surface area contributed by atoms with E-state index in [2.05, 4.69) is 11.5 Å². The summed E-state index contributed by atoms with van der Waals surface area (Å²) in [4.78, 5) is 13.1. The van der Waals surface area contributed by atoms with E-state index in [4.69, 9.17) is 23.3 Å². The van der Waals surface area contributed by atoms with Crippen LogP contribution in [0.4, 0.5) is 0 Å². The van der Waals surface area contributed by atoms with E-state index in [1.807, 2.05) is 93.7 Å². The fourth-order valence-electron chi connectivity index (χ4n) is 5.92. The summed E-state index contributed by atoms with van der Waals surface area (Å²) in [6.45, 7) is 9.66. The second kappa shape index (κ2) is 21.8. The van der Waals surface area contributed by atoms with Crippen LogP contribution >= 0.6 is 7.82 Å². The van der Waals surface area contributed by atoms with Crippen LogP contribution in [-0.2, 0) is 20.4 Å². The Hall–Kier alpha value is -3.42. The largest absolute Gasteiger partial charge is 0.746 e. The number of unbranched alkanes of at least 4 members (excludes halogenated alkanes) is 9. The number of phosphoric ester groups is 1. The van der Waals surface area contributed by atoms with Gasteiger partial charge in [0.05, 0.1) is 18.8 Å². The van der Waals surface area contributed by atoms with Crippen molar-refractivity contribution in [3.05, 3.63) is 96.2 Å². The highest BCUT2D eigenvalue weighted by Crippen LogP contribution is 2.41. The number of fused-ring (bicyclic) bond motifs is 1. The Kier molecular flexibility index (Phi) is 17.3. The summed E-state index contributed by atoms with van der Waals surface area (Å²) in [6.07, 6.45) is 14.1. The number of benzene rings is 3. The lowest BCUT2D eigenvalue weighted by Gasteiger charge is -2.27. The minimum Gasteiger partial charge on any atom is -0.746 e. The lowest BCUT2D eigenvalue weighted by Crippen LogP contribution is -2.34. The number of hydrogen-bond acceptors (Lipinski definition) is 7. The van der Waals surface area contributed by atoms with Gasteiger partial charge >= 0.3 is 7.82 Å². The number of pyridine rings is 1. The molecule has 0 aliphatic rings. The van der Waals surface area contributed by atoms with Crippen molar-refractivity contribution in [2.75, 3.05) is 26.4 Å². The van der Waals surface area contributed by atoms with Crippen LogP contribution in [0.1, 0.15) is 96.1 Å². The highest BCUT2D eigenvalue weighted by Gasteiger charge is 2.21. The third-order valence-corrected chi connectivity index (χ3v) is 9.70. The van der Waals surface area contributed by atoms with Gasteiger partial charge in [-0.05, 0) is 55.7 Å². The van der Waals surface area contributed by atoms with Crippen LogP contribution < -0.4 is 23.5 Å². The molecule has 0 saturated heterocycles. The minimum atomic E-state index is -4.75. The molecule has 51 heavy (non-hydrogen) atoms. The van der Waals surface area contributed by atoms with Crippen LogP contribution in [0.25, 0.3) is 10.9 Å². The monoisotopic (exact) mass is 719 g/mol. The molecule has 2 unspecified atom stereocenters. The Morgan fingerprint density at radius 3 is 2.08 bits per heavy atom. The molecule has 9 heteroatoms. The van der Waals surface area contributed by atoms with Gasteiger partial charge in [-0.1, -0.05) is 109 Å². The molecule has 2 atom stereocenters. The highest BCUT2D eigenvalue weighted by molar-refractivity contribution is 7.46. The molecule has 278 valence electrons. The SMILES string of the molecule is CCCCCCCCCCCCOc1cccc(OCC(COP(=O)([O-])Oc2ccccc2C[n+]2cccc3ccccc32)OCC(C)C)c1C. The Morgan fingerprint density at radius 2 is 1.33 bits per heavy atom. The third kappa shape index (κ3) is 14.3. The van der Waals surface area contributed by atoms with E-state index in [9.17, 15) is 9.46 Å². The molecular formula is C42H58NO7P. The van der Waals surface area contributed by atoms with Crippen molar-refractivity contribution in [2.45, 2.75) is 105 Å². The zero-order chi connectivity index (χ0) is 36.3. The predicted octanol–water partition coefficient (Wildman–Crippen LogP) is 9.77. The topological polar surface area (TPSA) is 90.2 Å². The van der Waals surface area contributed by atoms with Crippen molar-refractivity contribution in [1.82, 2.24) is 0 Å². The molecule has 0 aliphatic heterocycles. The van der Waals surface area contributed by atoms with E-state index in [0.717, 1.165) is 28.6 Å². The molecule has 8 nitrogen and oxygen atoms in total. The summed E-state index contributed by atoms with van der Waals surface area (Å²) in [5.74, 6) is 1.91. The first-order chi connectivity index (χ1) is 24.8. The van der Waals surface area contributed by atoms with Crippen LogP contribution in [0, 0.1) is 12.8 Å². The number of aromatic nitrogens is 1. The molecule has 1 aromatic heterocycles. The standard InChI is InChI=1S/C42H58NO7P/c1-5-6-7-8-9-10-11-12-13-18-29-46-40-26-19-27-41(35(40)4)48-32-38(47-31-34(2)3)33-49-51(44,45)50-42-25-17-15-22-37(42)30-43-28-20-23-36-21-14-16-24-39(36)43/h14-17,19-28,34,38H,5-13,18,29-33H2,1-4H3. The molecule has 0 amide bonds. The summed E-state index contributed by atoms with van der Waals surface area (Å²) < 4.78 is 44.5. The van der Waals surface area contributed by atoms with Crippen LogP contribution in [-0.4, -0.2) is 32.5 Å².